The highest BCUT2D eigenvalue weighted by Gasteiger charge is 2.49. The van der Waals surface area contributed by atoms with Gasteiger partial charge in [0.05, 0.1) is 12.6 Å². The Bertz CT molecular complexity index is 449. The number of hydrogen-bond acceptors (Lipinski definition) is 3. The number of alkyl halides is 2. The summed E-state index contributed by atoms with van der Waals surface area (Å²) in [5, 5.41) is 0. The summed E-state index contributed by atoms with van der Waals surface area (Å²) in [4.78, 5) is 17.3. The van der Waals surface area contributed by atoms with Crippen LogP contribution >= 0.6 is 0 Å². The van der Waals surface area contributed by atoms with Crippen molar-refractivity contribution >= 4 is 5.91 Å². The highest BCUT2D eigenvalue weighted by Crippen LogP contribution is 2.42. The van der Waals surface area contributed by atoms with E-state index in [-0.39, 0.29) is 17.9 Å². The Kier molecular flexibility index (Phi) is 4.67. The van der Waals surface area contributed by atoms with Crippen LogP contribution < -0.4 is 0 Å². The highest BCUT2D eigenvalue weighted by atomic mass is 19.3. The third-order valence-electron chi connectivity index (χ3n) is 6.27. The standard InChI is InChI=1S/C17H29F2N3O/c1-3-20-8-4-15(17(18,19)13-20)21-9-5-16(6-10-21)7-11-22(12-16)14(2)23/h15H,3-13H2,1-2H3. The Morgan fingerprint density at radius 3 is 2.26 bits per heavy atom. The van der Waals surface area contributed by atoms with E-state index in [9.17, 15) is 13.6 Å². The average Bonchev–Trinajstić information content (AvgIpc) is 2.92. The van der Waals surface area contributed by atoms with Crippen LogP contribution in [0.3, 0.4) is 0 Å². The SMILES string of the molecule is CCN1CCC(N2CCC3(CCN(C(C)=O)C3)CC2)C(F)(F)C1. The molecule has 6 heteroatoms. The predicted octanol–water partition coefficient (Wildman–Crippen LogP) is 2.05. The van der Waals surface area contributed by atoms with Crippen LogP contribution in [0.5, 0.6) is 0 Å². The lowest BCUT2D eigenvalue weighted by molar-refractivity contribution is -0.135. The van der Waals surface area contributed by atoms with Crippen molar-refractivity contribution in [1.29, 1.82) is 0 Å². The Morgan fingerprint density at radius 2 is 1.74 bits per heavy atom. The van der Waals surface area contributed by atoms with E-state index < -0.39 is 12.0 Å². The second-order valence-corrected chi connectivity index (χ2v) is 7.66. The topological polar surface area (TPSA) is 26.8 Å². The monoisotopic (exact) mass is 329 g/mol. The molecule has 3 fully saturated rings. The maximum atomic E-state index is 14.5. The van der Waals surface area contributed by atoms with Crippen molar-refractivity contribution in [2.45, 2.75) is 51.5 Å². The number of nitrogens with zero attached hydrogens (tertiary/aromatic N) is 3. The second-order valence-electron chi connectivity index (χ2n) is 7.66. The van der Waals surface area contributed by atoms with E-state index in [1.165, 1.54) is 0 Å². The first kappa shape index (κ1) is 17.1. The average molecular weight is 329 g/mol. The lowest BCUT2D eigenvalue weighted by atomic mass is 9.77. The number of amides is 1. The highest BCUT2D eigenvalue weighted by molar-refractivity contribution is 5.73. The molecule has 3 aliphatic heterocycles. The molecule has 132 valence electrons. The molecule has 0 aromatic carbocycles. The molecule has 0 N–H and O–H groups in total. The van der Waals surface area contributed by atoms with Crippen molar-refractivity contribution in [3.8, 4) is 0 Å². The molecular formula is C17H29F2N3O. The quantitative estimate of drug-likeness (QED) is 0.776. The Balaban J connectivity index is 1.58. The first-order valence-electron chi connectivity index (χ1n) is 8.95. The van der Waals surface area contributed by atoms with Crippen molar-refractivity contribution in [3.63, 3.8) is 0 Å². The maximum absolute atomic E-state index is 14.5. The third kappa shape index (κ3) is 3.38. The molecule has 0 aromatic heterocycles. The summed E-state index contributed by atoms with van der Waals surface area (Å²) in [5.41, 5.74) is 0.182. The molecule has 0 bridgehead atoms. The first-order valence-corrected chi connectivity index (χ1v) is 8.95. The normalized spacial score (nSPS) is 31.7. The lowest BCUT2D eigenvalue weighted by Crippen LogP contribution is -2.60. The summed E-state index contributed by atoms with van der Waals surface area (Å²) in [6, 6.07) is -0.604. The van der Waals surface area contributed by atoms with Gasteiger partial charge in [0.2, 0.25) is 5.91 Å². The van der Waals surface area contributed by atoms with Gasteiger partial charge in [0.1, 0.15) is 0 Å². The summed E-state index contributed by atoms with van der Waals surface area (Å²) in [7, 11) is 0. The van der Waals surface area contributed by atoms with Crippen molar-refractivity contribution in [2.75, 3.05) is 45.8 Å². The number of halogens is 2. The van der Waals surface area contributed by atoms with Gasteiger partial charge in [-0.25, -0.2) is 8.78 Å². The first-order chi connectivity index (χ1) is 10.9. The zero-order valence-corrected chi connectivity index (χ0v) is 14.4. The molecule has 3 aliphatic rings. The molecule has 1 unspecified atom stereocenters. The van der Waals surface area contributed by atoms with Gasteiger partial charge in [-0.05, 0) is 50.7 Å². The fourth-order valence-electron chi connectivity index (χ4n) is 4.64. The molecule has 4 nitrogen and oxygen atoms in total. The molecule has 3 saturated heterocycles. The number of hydrogen-bond donors (Lipinski definition) is 0. The summed E-state index contributed by atoms with van der Waals surface area (Å²) in [6.07, 6.45) is 3.49. The van der Waals surface area contributed by atoms with Crippen molar-refractivity contribution in [3.05, 3.63) is 0 Å². The molecule has 0 aliphatic carbocycles. The van der Waals surface area contributed by atoms with E-state index in [4.69, 9.17) is 0 Å². The molecule has 1 amide bonds. The van der Waals surface area contributed by atoms with E-state index in [2.05, 4.69) is 0 Å². The number of carbonyl (C=O) groups is 1. The molecule has 0 saturated carbocycles. The van der Waals surface area contributed by atoms with Gasteiger partial charge in [0.25, 0.3) is 5.92 Å². The van der Waals surface area contributed by atoms with Gasteiger partial charge in [-0.2, -0.15) is 0 Å². The van der Waals surface area contributed by atoms with Crippen LogP contribution in [0.1, 0.15) is 39.5 Å². The zero-order chi connectivity index (χ0) is 16.7. The Labute approximate surface area is 137 Å². The largest absolute Gasteiger partial charge is 0.342 e. The number of piperidine rings is 2. The number of rotatable bonds is 2. The van der Waals surface area contributed by atoms with Crippen LogP contribution in [0, 0.1) is 5.41 Å². The fraction of sp³-hybridized carbons (Fsp3) is 0.941. The van der Waals surface area contributed by atoms with Gasteiger partial charge < -0.3 is 4.90 Å². The minimum absolute atomic E-state index is 0.103. The van der Waals surface area contributed by atoms with Gasteiger partial charge in [-0.3, -0.25) is 14.6 Å². The van der Waals surface area contributed by atoms with Crippen LogP contribution in [0.15, 0.2) is 0 Å². The van der Waals surface area contributed by atoms with E-state index in [1.807, 2.05) is 21.6 Å². The van der Waals surface area contributed by atoms with Crippen LogP contribution in [-0.2, 0) is 4.79 Å². The molecule has 3 heterocycles. The van der Waals surface area contributed by atoms with Gasteiger partial charge in [0, 0.05) is 26.6 Å². The van der Waals surface area contributed by atoms with Crippen LogP contribution in [-0.4, -0.2) is 78.4 Å². The molecule has 3 rings (SSSR count). The van der Waals surface area contributed by atoms with Crippen LogP contribution in [0.25, 0.3) is 0 Å². The van der Waals surface area contributed by atoms with Crippen molar-refractivity contribution < 1.29 is 13.6 Å². The maximum Gasteiger partial charge on any atom is 0.275 e. The van der Waals surface area contributed by atoms with E-state index in [0.717, 1.165) is 52.0 Å². The molecule has 23 heavy (non-hydrogen) atoms. The van der Waals surface area contributed by atoms with Crippen molar-refractivity contribution in [2.24, 2.45) is 5.41 Å². The van der Waals surface area contributed by atoms with E-state index in [1.54, 1.807) is 6.92 Å². The zero-order valence-electron chi connectivity index (χ0n) is 14.4. The van der Waals surface area contributed by atoms with Gasteiger partial charge in [-0.1, -0.05) is 6.92 Å². The Morgan fingerprint density at radius 1 is 1.09 bits per heavy atom. The second kappa shape index (κ2) is 6.28. The molecule has 1 spiro atoms. The molecular weight excluding hydrogens is 300 g/mol. The molecule has 0 aromatic rings. The molecule has 0 radical (unpaired) electrons. The summed E-state index contributed by atoms with van der Waals surface area (Å²) < 4.78 is 29.0. The molecule has 1 atom stereocenters. The minimum atomic E-state index is -2.61. The summed E-state index contributed by atoms with van der Waals surface area (Å²) >= 11 is 0. The smallest absolute Gasteiger partial charge is 0.275 e. The lowest BCUT2D eigenvalue weighted by Gasteiger charge is -2.47. The van der Waals surface area contributed by atoms with E-state index in [0.29, 0.717) is 13.0 Å². The van der Waals surface area contributed by atoms with Gasteiger partial charge >= 0.3 is 0 Å². The van der Waals surface area contributed by atoms with Gasteiger partial charge in [-0.15, -0.1) is 0 Å². The van der Waals surface area contributed by atoms with Crippen molar-refractivity contribution in [1.82, 2.24) is 14.7 Å². The minimum Gasteiger partial charge on any atom is -0.342 e. The van der Waals surface area contributed by atoms with E-state index >= 15 is 0 Å². The van der Waals surface area contributed by atoms with Gasteiger partial charge in [0.15, 0.2) is 0 Å². The number of carbonyl (C=O) groups excluding carboxylic acids is 1. The summed E-state index contributed by atoms with van der Waals surface area (Å²) in [5.74, 6) is -2.47. The predicted molar refractivity (Wildman–Crippen MR) is 85.6 cm³/mol. The van der Waals surface area contributed by atoms with Crippen LogP contribution in [0.2, 0.25) is 0 Å². The number of likely N-dealkylation sites (tertiary alicyclic amines) is 3. The third-order valence-corrected chi connectivity index (χ3v) is 6.27. The fourth-order valence-corrected chi connectivity index (χ4v) is 4.64. The van der Waals surface area contributed by atoms with Crippen LogP contribution in [0.4, 0.5) is 8.78 Å². The Hall–Kier alpha value is -0.750. The summed E-state index contributed by atoms with van der Waals surface area (Å²) in [6.45, 7) is 8.09.